The normalized spacial score (nSPS) is 27.3. The van der Waals surface area contributed by atoms with E-state index in [1.807, 2.05) is 33.8 Å². The van der Waals surface area contributed by atoms with Crippen molar-refractivity contribution in [3.63, 3.8) is 0 Å². The number of nitro groups is 2. The molecule has 2 amide bonds. The topological polar surface area (TPSA) is 297 Å². The Morgan fingerprint density at radius 2 is 1.26 bits per heavy atom. The molecule has 6 N–H and O–H groups in total. The second-order valence-corrected chi connectivity index (χ2v) is 23.8. The Balaban J connectivity index is 0.000000291. The minimum Gasteiger partial charge on any atom is -0.493 e. The predicted octanol–water partition coefficient (Wildman–Crippen LogP) is 1.51. The fourth-order valence-electron chi connectivity index (χ4n) is 7.95. The van der Waals surface area contributed by atoms with Gasteiger partial charge in [0.15, 0.2) is 11.5 Å². The second-order valence-electron chi connectivity index (χ2n) is 16.6. The third kappa shape index (κ3) is 15.5. The van der Waals surface area contributed by atoms with Gasteiger partial charge in [-0.1, -0.05) is 0 Å². The molecule has 7 rings (SSSR count). The smallest absolute Gasteiger partial charge is 0.493 e. The maximum Gasteiger partial charge on any atom is 0.502 e. The van der Waals surface area contributed by atoms with Crippen molar-refractivity contribution < 1.29 is 65.0 Å². The van der Waals surface area contributed by atoms with Gasteiger partial charge in [0, 0.05) is 58.8 Å². The van der Waals surface area contributed by atoms with Crippen LogP contribution in [0.2, 0.25) is 12.1 Å². The van der Waals surface area contributed by atoms with E-state index in [4.69, 9.17) is 47.5 Å². The number of carbonyl (C=O) groups is 3. The molecule has 0 aromatic heterocycles. The SMILES string of the molecule is CC1O[Si]2(CCCN)OC(C)C1O2.COc1cc(CSC[C@@H]2NC(=O)OC2=O)c([N+](=O)[O-])cc1OC.Cc1cc(CSC[C@@H](N)C(=O)NCCC[Si]23OC(C)C(O2)C(C)O3)c([N+](=O)[O-])cc1C.[SiH4].[SiH4]. The summed E-state index contributed by atoms with van der Waals surface area (Å²) in [6.07, 6.45) is 1.53. The van der Waals surface area contributed by atoms with E-state index in [1.54, 1.807) is 6.07 Å². The molecule has 5 saturated heterocycles. The summed E-state index contributed by atoms with van der Waals surface area (Å²) in [7, 11) is -2.01. The average molecular weight is 1080 g/mol. The summed E-state index contributed by atoms with van der Waals surface area (Å²) in [6, 6.07) is 6.35. The third-order valence-corrected chi connectivity index (χ3v) is 19.8. The van der Waals surface area contributed by atoms with E-state index in [9.17, 15) is 34.6 Å². The first-order valence-corrected chi connectivity index (χ1v) is 28.0. The molecule has 28 heteroatoms. The van der Waals surface area contributed by atoms with Crippen LogP contribution < -0.4 is 31.6 Å². The molecular weight excluding hydrogens is 1010 g/mol. The molecule has 4 bridgehead atoms. The molecule has 22 nitrogen and oxygen atoms in total. The molecule has 5 fully saturated rings. The van der Waals surface area contributed by atoms with Crippen LogP contribution in [0.5, 0.6) is 11.5 Å². The van der Waals surface area contributed by atoms with Gasteiger partial charge in [-0.25, -0.2) is 9.59 Å². The number of amides is 2. The zero-order valence-corrected chi connectivity index (χ0v) is 42.5. The summed E-state index contributed by atoms with van der Waals surface area (Å²) in [4.78, 5) is 56.1. The van der Waals surface area contributed by atoms with Crippen molar-refractivity contribution >= 4 is 92.4 Å². The molecule has 0 spiro atoms. The lowest BCUT2D eigenvalue weighted by Gasteiger charge is -2.26. The molecule has 6 atom stereocenters. The Labute approximate surface area is 421 Å². The monoisotopic (exact) mass is 1080 g/mol. The van der Waals surface area contributed by atoms with E-state index in [0.29, 0.717) is 53.9 Å². The molecule has 5 aliphatic heterocycles. The number of methoxy groups -OCH3 is 2. The van der Waals surface area contributed by atoms with Crippen molar-refractivity contribution in [3.8, 4) is 11.5 Å². The fraction of sp³-hybridized carbons (Fsp3) is 0.634. The molecule has 2 aromatic rings. The summed E-state index contributed by atoms with van der Waals surface area (Å²) in [5, 5.41) is 27.7. The Kier molecular flexibility index (Phi) is 23.2. The van der Waals surface area contributed by atoms with Gasteiger partial charge in [-0.3, -0.25) is 25.0 Å². The van der Waals surface area contributed by atoms with Crippen LogP contribution in [-0.4, -0.2) is 155 Å². The molecule has 2 aromatic carbocycles. The summed E-state index contributed by atoms with van der Waals surface area (Å²) >= 11 is 2.67. The quantitative estimate of drug-likeness (QED) is 0.0365. The highest BCUT2D eigenvalue weighted by Crippen LogP contribution is 2.41. The Morgan fingerprint density at radius 1 is 0.783 bits per heavy atom. The number of hydrogen-bond donors (Lipinski definition) is 4. The molecule has 388 valence electrons. The van der Waals surface area contributed by atoms with Gasteiger partial charge < -0.3 is 62.9 Å². The van der Waals surface area contributed by atoms with Gasteiger partial charge in [0.2, 0.25) is 5.91 Å². The molecule has 0 radical (unpaired) electrons. The number of cyclic esters (lactones) is 2. The number of thioether (sulfide) groups is 2. The van der Waals surface area contributed by atoms with Crippen molar-refractivity contribution in [1.29, 1.82) is 0 Å². The molecule has 5 heterocycles. The van der Waals surface area contributed by atoms with Gasteiger partial charge in [0.05, 0.1) is 72.8 Å². The van der Waals surface area contributed by atoms with E-state index in [1.165, 1.54) is 49.9 Å². The summed E-state index contributed by atoms with van der Waals surface area (Å²) < 4.78 is 49.7. The van der Waals surface area contributed by atoms with Gasteiger partial charge in [0.25, 0.3) is 11.4 Å². The number of nitro benzene ring substituents is 2. The van der Waals surface area contributed by atoms with E-state index < -0.39 is 46.7 Å². The first-order chi connectivity index (χ1) is 31.7. The van der Waals surface area contributed by atoms with E-state index in [2.05, 4.69) is 29.2 Å². The van der Waals surface area contributed by atoms with Crippen LogP contribution in [0.15, 0.2) is 24.3 Å². The number of ether oxygens (including phenoxy) is 3. The maximum absolute atomic E-state index is 12.3. The lowest BCUT2D eigenvalue weighted by molar-refractivity contribution is -0.385. The molecule has 0 saturated carbocycles. The summed E-state index contributed by atoms with van der Waals surface area (Å²) in [5.74, 6) is 1.07. The number of rotatable bonds is 20. The van der Waals surface area contributed by atoms with Crippen molar-refractivity contribution in [2.24, 2.45) is 11.5 Å². The highest BCUT2D eigenvalue weighted by atomic mass is 32.2. The summed E-state index contributed by atoms with van der Waals surface area (Å²) in [5.41, 5.74) is 14.4. The molecule has 0 aliphatic carbocycles. The molecular formula is C41H70N6O16S2Si4. The number of carbonyl (C=O) groups excluding carboxylic acids is 3. The Morgan fingerprint density at radius 3 is 1.74 bits per heavy atom. The van der Waals surface area contributed by atoms with Crippen LogP contribution in [0.1, 0.15) is 62.8 Å². The minimum atomic E-state index is -2.58. The number of aryl methyl sites for hydroxylation is 2. The van der Waals surface area contributed by atoms with Crippen LogP contribution in [0.4, 0.5) is 16.2 Å². The largest absolute Gasteiger partial charge is 0.502 e. The number of esters is 1. The first-order valence-electron chi connectivity index (χ1n) is 21.9. The van der Waals surface area contributed by atoms with Gasteiger partial charge in [-0.05, 0) is 106 Å². The average Bonchev–Trinajstić information content (AvgIpc) is 4.06. The van der Waals surface area contributed by atoms with Crippen LogP contribution in [0.3, 0.4) is 0 Å². The number of nitrogens with two attached hydrogens (primary N) is 2. The number of nitrogens with one attached hydrogen (secondary N) is 2. The third-order valence-electron chi connectivity index (χ3n) is 11.5. The zero-order chi connectivity index (χ0) is 49.2. The molecule has 4 unspecified atom stereocenters. The van der Waals surface area contributed by atoms with Crippen molar-refractivity contribution in [3.05, 3.63) is 66.7 Å². The maximum atomic E-state index is 12.3. The number of fused-ring (bicyclic) bond motifs is 4. The number of nitrogens with zero attached hydrogens (tertiary/aromatic N) is 2. The predicted molar refractivity (Wildman–Crippen MR) is 275 cm³/mol. The van der Waals surface area contributed by atoms with Gasteiger partial charge in [-0.15, -0.1) is 0 Å². The van der Waals surface area contributed by atoms with Gasteiger partial charge >= 0.3 is 29.7 Å². The first kappa shape index (κ1) is 59.8. The lowest BCUT2D eigenvalue weighted by Crippen LogP contribution is -2.45. The van der Waals surface area contributed by atoms with Gasteiger partial charge in [-0.2, -0.15) is 23.5 Å². The zero-order valence-electron chi connectivity index (χ0n) is 38.9. The van der Waals surface area contributed by atoms with E-state index in [-0.39, 0.29) is 98.0 Å². The molecule has 69 heavy (non-hydrogen) atoms. The van der Waals surface area contributed by atoms with Crippen molar-refractivity contribution in [2.75, 3.05) is 38.8 Å². The Hall–Kier alpha value is -3.50. The number of alkyl carbamates (subject to hydrolysis) is 1. The second kappa shape index (κ2) is 26.8. The van der Waals surface area contributed by atoms with E-state index >= 15 is 0 Å². The molecule has 5 aliphatic rings. The van der Waals surface area contributed by atoms with Crippen LogP contribution in [0.25, 0.3) is 0 Å². The highest BCUT2D eigenvalue weighted by Gasteiger charge is 2.61. The van der Waals surface area contributed by atoms with Crippen LogP contribution in [-0.2, 0) is 52.4 Å². The summed E-state index contributed by atoms with van der Waals surface area (Å²) in [6.45, 7) is 13.0. The Bertz CT molecular complexity index is 2100. The lowest BCUT2D eigenvalue weighted by atomic mass is 10.1. The highest BCUT2D eigenvalue weighted by molar-refractivity contribution is 7.98. The van der Waals surface area contributed by atoms with Crippen molar-refractivity contribution in [1.82, 2.24) is 10.6 Å². The fourth-order valence-corrected chi connectivity index (χ4v) is 16.6. The number of hydrogen-bond acceptors (Lipinski definition) is 20. The van der Waals surface area contributed by atoms with E-state index in [0.717, 1.165) is 23.6 Å². The van der Waals surface area contributed by atoms with Crippen LogP contribution >= 0.6 is 23.5 Å². The standard InChI is InChI=1S/C20H31N3O6SSi.C13H14N2O7S.C8H17NO3Si.2H4Si/c1-12-8-16(18(23(25)26)9-13(12)2)10-30-11-17(21)20(24)22-6-5-7-31-27-14(3)19(29-31)15(4)28-31;1-20-10-3-7(9(15(18)19)4-11(10)21-2)5-23-6-8-12(16)22-13(17)14-8;1-6-8-7(2)11-13(10-6,12-8)5-3-4-9;;/h8-9,14-15,17,19H,5-7,10-11,21H2,1-4H3,(H,22,24);3-4,8H,5-6H2,1-2H3,(H,14,17);6-8H,3-5,9H2,1-2H3;2*1H4/t14?,15?,17-,19?,31?;8-;;;/m10.../s1. The van der Waals surface area contributed by atoms with Crippen molar-refractivity contribution in [2.45, 2.75) is 127 Å². The minimum absolute atomic E-state index is 0. The number of benzene rings is 2. The van der Waals surface area contributed by atoms with Crippen LogP contribution in [0, 0.1) is 34.1 Å². The van der Waals surface area contributed by atoms with Gasteiger partial charge in [0.1, 0.15) is 6.04 Å².